The first-order valence-corrected chi connectivity index (χ1v) is 9.33. The number of carbonyl (C=O) groups is 1. The second-order valence-electron chi connectivity index (χ2n) is 6.00. The molecule has 7 nitrogen and oxygen atoms in total. The molecule has 27 heavy (non-hydrogen) atoms. The molecule has 3 aromatic rings. The van der Waals surface area contributed by atoms with E-state index in [0.717, 1.165) is 6.42 Å². The maximum absolute atomic E-state index is 12.8. The Bertz CT molecular complexity index is 1060. The number of hydrogen-bond acceptors (Lipinski definition) is 6. The molecular formula is C19H21N3O4S. The van der Waals surface area contributed by atoms with Gasteiger partial charge in [-0.3, -0.25) is 14.2 Å². The van der Waals surface area contributed by atoms with E-state index < -0.39 is 0 Å². The van der Waals surface area contributed by atoms with Gasteiger partial charge in [0.25, 0.3) is 11.5 Å². The van der Waals surface area contributed by atoms with Crippen molar-refractivity contribution in [3.63, 3.8) is 0 Å². The lowest BCUT2D eigenvalue weighted by atomic mass is 10.2. The third-order valence-electron chi connectivity index (χ3n) is 4.24. The van der Waals surface area contributed by atoms with Gasteiger partial charge in [0.1, 0.15) is 16.3 Å². The quantitative estimate of drug-likeness (QED) is 0.701. The van der Waals surface area contributed by atoms with Crippen LogP contribution in [0.4, 0.5) is 5.69 Å². The lowest BCUT2D eigenvalue weighted by Gasteiger charge is -2.11. The number of thiophene rings is 1. The average molecular weight is 387 g/mol. The highest BCUT2D eigenvalue weighted by molar-refractivity contribution is 7.20. The monoisotopic (exact) mass is 387 g/mol. The predicted octanol–water partition coefficient (Wildman–Crippen LogP) is 3.45. The number of hydrogen-bond donors (Lipinski definition) is 1. The summed E-state index contributed by atoms with van der Waals surface area (Å²) in [4.78, 5) is 30.9. The molecule has 0 aliphatic carbocycles. The Hall–Kier alpha value is -2.87. The fourth-order valence-corrected chi connectivity index (χ4v) is 3.89. The zero-order chi connectivity index (χ0) is 19.6. The number of ether oxygens (including phenoxy) is 2. The van der Waals surface area contributed by atoms with Crippen LogP contribution >= 0.6 is 11.3 Å². The van der Waals surface area contributed by atoms with Crippen molar-refractivity contribution in [1.82, 2.24) is 9.55 Å². The molecule has 0 bridgehead atoms. The number of nitrogens with one attached hydrogen (secondary N) is 1. The van der Waals surface area contributed by atoms with E-state index in [1.807, 2.05) is 6.92 Å². The van der Waals surface area contributed by atoms with Crippen LogP contribution in [0.15, 0.2) is 29.3 Å². The molecule has 8 heteroatoms. The van der Waals surface area contributed by atoms with Gasteiger partial charge in [-0.05, 0) is 31.0 Å². The summed E-state index contributed by atoms with van der Waals surface area (Å²) in [5.41, 5.74) is 1.05. The number of benzene rings is 1. The number of amides is 1. The SMILES string of the molecule is CCCn1cnc2sc(C(=O)Nc3ccc(OC)cc3OC)c(C)c2c1=O. The van der Waals surface area contributed by atoms with Gasteiger partial charge in [-0.2, -0.15) is 0 Å². The van der Waals surface area contributed by atoms with Crippen molar-refractivity contribution in [2.75, 3.05) is 19.5 Å². The van der Waals surface area contributed by atoms with Gasteiger partial charge < -0.3 is 14.8 Å². The molecule has 0 fully saturated rings. The second-order valence-corrected chi connectivity index (χ2v) is 7.00. The highest BCUT2D eigenvalue weighted by atomic mass is 32.1. The van der Waals surface area contributed by atoms with Crippen LogP contribution in [0, 0.1) is 6.92 Å². The predicted molar refractivity (Wildman–Crippen MR) is 106 cm³/mol. The Morgan fingerprint density at radius 3 is 2.74 bits per heavy atom. The van der Waals surface area contributed by atoms with Crippen molar-refractivity contribution in [1.29, 1.82) is 0 Å². The first-order valence-electron chi connectivity index (χ1n) is 8.52. The molecule has 0 spiro atoms. The second kappa shape index (κ2) is 7.79. The molecule has 1 amide bonds. The minimum absolute atomic E-state index is 0.114. The van der Waals surface area contributed by atoms with E-state index >= 15 is 0 Å². The maximum Gasteiger partial charge on any atom is 0.266 e. The van der Waals surface area contributed by atoms with Crippen LogP contribution in [0.5, 0.6) is 11.5 Å². The Morgan fingerprint density at radius 1 is 1.30 bits per heavy atom. The highest BCUT2D eigenvalue weighted by Gasteiger charge is 2.20. The number of aryl methyl sites for hydroxylation is 2. The molecule has 2 heterocycles. The molecular weight excluding hydrogens is 366 g/mol. The smallest absolute Gasteiger partial charge is 0.266 e. The van der Waals surface area contributed by atoms with Gasteiger partial charge in [-0.1, -0.05) is 6.92 Å². The fourth-order valence-electron chi connectivity index (χ4n) is 2.86. The number of methoxy groups -OCH3 is 2. The van der Waals surface area contributed by atoms with Crippen molar-refractivity contribution in [2.24, 2.45) is 0 Å². The number of nitrogens with zero attached hydrogens (tertiary/aromatic N) is 2. The number of aromatic nitrogens is 2. The summed E-state index contributed by atoms with van der Waals surface area (Å²) in [6, 6.07) is 5.14. The Kier molecular flexibility index (Phi) is 5.46. The summed E-state index contributed by atoms with van der Waals surface area (Å²) < 4.78 is 12.1. The Labute approximate surface area is 160 Å². The summed E-state index contributed by atoms with van der Waals surface area (Å²) >= 11 is 1.21. The van der Waals surface area contributed by atoms with Crippen molar-refractivity contribution >= 4 is 33.1 Å². The first kappa shape index (κ1) is 18.9. The van der Waals surface area contributed by atoms with E-state index in [4.69, 9.17) is 9.47 Å². The van der Waals surface area contributed by atoms with Crippen LogP contribution in [0.1, 0.15) is 28.6 Å². The fraction of sp³-hybridized carbons (Fsp3) is 0.316. The first-order chi connectivity index (χ1) is 13.0. The minimum atomic E-state index is -0.305. The van der Waals surface area contributed by atoms with Gasteiger partial charge in [0.05, 0.1) is 36.5 Å². The van der Waals surface area contributed by atoms with Gasteiger partial charge in [0.15, 0.2) is 0 Å². The van der Waals surface area contributed by atoms with Crippen LogP contribution in [-0.4, -0.2) is 29.7 Å². The largest absolute Gasteiger partial charge is 0.497 e. The van der Waals surface area contributed by atoms with Gasteiger partial charge in [-0.25, -0.2) is 4.98 Å². The third-order valence-corrected chi connectivity index (χ3v) is 5.44. The van der Waals surface area contributed by atoms with Crippen molar-refractivity contribution in [2.45, 2.75) is 26.8 Å². The summed E-state index contributed by atoms with van der Waals surface area (Å²) in [5.74, 6) is 0.814. The normalized spacial score (nSPS) is 10.8. The van der Waals surface area contributed by atoms with Crippen LogP contribution in [0.2, 0.25) is 0 Å². The van der Waals surface area contributed by atoms with Crippen LogP contribution in [0.25, 0.3) is 10.2 Å². The molecule has 0 aliphatic rings. The van der Waals surface area contributed by atoms with Crippen molar-refractivity contribution < 1.29 is 14.3 Å². The number of fused-ring (bicyclic) bond motifs is 1. The number of rotatable bonds is 6. The zero-order valence-corrected chi connectivity index (χ0v) is 16.5. The van der Waals surface area contributed by atoms with Crippen LogP contribution in [0.3, 0.4) is 0 Å². The highest BCUT2D eigenvalue weighted by Crippen LogP contribution is 2.32. The molecule has 0 atom stereocenters. The molecule has 0 aliphatic heterocycles. The summed E-state index contributed by atoms with van der Waals surface area (Å²) in [6.07, 6.45) is 2.37. The van der Waals surface area contributed by atoms with Gasteiger partial charge in [0, 0.05) is 12.6 Å². The van der Waals surface area contributed by atoms with Gasteiger partial charge in [-0.15, -0.1) is 11.3 Å². The summed E-state index contributed by atoms with van der Waals surface area (Å²) in [5, 5.41) is 3.35. The molecule has 0 unspecified atom stereocenters. The molecule has 142 valence electrons. The van der Waals surface area contributed by atoms with E-state index in [1.165, 1.54) is 24.8 Å². The molecule has 3 rings (SSSR count). The molecule has 1 aromatic carbocycles. The van der Waals surface area contributed by atoms with Gasteiger partial charge in [0.2, 0.25) is 0 Å². The molecule has 0 saturated heterocycles. The maximum atomic E-state index is 12.8. The molecule has 1 N–H and O–H groups in total. The van der Waals surface area contributed by atoms with E-state index in [2.05, 4.69) is 10.3 Å². The lowest BCUT2D eigenvalue weighted by Crippen LogP contribution is -2.20. The Morgan fingerprint density at radius 2 is 2.07 bits per heavy atom. The third kappa shape index (κ3) is 3.52. The van der Waals surface area contributed by atoms with E-state index in [0.29, 0.717) is 44.4 Å². The van der Waals surface area contributed by atoms with Crippen LogP contribution in [-0.2, 0) is 6.54 Å². The summed E-state index contributed by atoms with van der Waals surface area (Å²) in [6.45, 7) is 4.37. The van der Waals surface area contributed by atoms with Crippen molar-refractivity contribution in [3.8, 4) is 11.5 Å². The molecule has 0 saturated carbocycles. The van der Waals surface area contributed by atoms with Crippen molar-refractivity contribution in [3.05, 3.63) is 45.3 Å². The average Bonchev–Trinajstić information content (AvgIpc) is 3.02. The molecule has 0 radical (unpaired) electrons. The lowest BCUT2D eigenvalue weighted by molar-refractivity contribution is 0.102. The standard InChI is InChI=1S/C19H21N3O4S/c1-5-8-22-10-20-18-15(19(22)24)11(2)16(27-18)17(23)21-13-7-6-12(25-3)9-14(13)26-4/h6-7,9-10H,5,8H2,1-4H3,(H,21,23). The van der Waals surface area contributed by atoms with E-state index in [1.54, 1.807) is 36.8 Å². The van der Waals surface area contributed by atoms with Crippen LogP contribution < -0.4 is 20.3 Å². The van der Waals surface area contributed by atoms with E-state index in [9.17, 15) is 9.59 Å². The summed E-state index contributed by atoms with van der Waals surface area (Å²) in [7, 11) is 3.08. The number of carbonyl (C=O) groups excluding carboxylic acids is 1. The number of anilines is 1. The topological polar surface area (TPSA) is 82.5 Å². The minimum Gasteiger partial charge on any atom is -0.497 e. The van der Waals surface area contributed by atoms with Gasteiger partial charge >= 0.3 is 0 Å². The molecule has 2 aromatic heterocycles. The zero-order valence-electron chi connectivity index (χ0n) is 15.7. The Balaban J connectivity index is 1.98. The van der Waals surface area contributed by atoms with E-state index in [-0.39, 0.29) is 11.5 Å².